The van der Waals surface area contributed by atoms with Crippen molar-refractivity contribution in [2.45, 2.75) is 19.4 Å². The maximum Gasteiger partial charge on any atom is 0.140 e. The molecule has 0 saturated heterocycles. The highest BCUT2D eigenvalue weighted by Gasteiger charge is 2.32. The lowest BCUT2D eigenvalue weighted by molar-refractivity contribution is 0.922. The number of pyridine rings is 1. The van der Waals surface area contributed by atoms with Crippen LogP contribution in [-0.4, -0.2) is 11.0 Å². The average Bonchev–Trinajstić information content (AvgIpc) is 2.73. The number of hydrogen-bond acceptors (Lipinski definition) is 2. The van der Waals surface area contributed by atoms with Gasteiger partial charge in [0.1, 0.15) is 5.82 Å². The van der Waals surface area contributed by atoms with Gasteiger partial charge in [0.25, 0.3) is 0 Å². The number of nitrogens with zero attached hydrogens (tertiary/aromatic N) is 1. The van der Waals surface area contributed by atoms with E-state index in [-0.39, 0.29) is 0 Å². The van der Waals surface area contributed by atoms with Crippen molar-refractivity contribution in [2.75, 3.05) is 5.32 Å². The van der Waals surface area contributed by atoms with Crippen molar-refractivity contribution in [1.82, 2.24) is 4.98 Å². The Morgan fingerprint density at radius 3 is 2.77 bits per heavy atom. The standard InChI is InChI=1S/C9H10Br2N2/c1-5-2-8(5)13-9-7(11)3-6(10)4-12-9/h3-5,8H,2H2,1H3,(H,12,13). The van der Waals surface area contributed by atoms with Gasteiger partial charge in [-0.05, 0) is 50.3 Å². The van der Waals surface area contributed by atoms with Gasteiger partial charge in [0, 0.05) is 16.7 Å². The van der Waals surface area contributed by atoms with E-state index in [0.29, 0.717) is 6.04 Å². The molecule has 0 bridgehead atoms. The summed E-state index contributed by atoms with van der Waals surface area (Å²) >= 11 is 6.84. The molecule has 1 aliphatic rings. The van der Waals surface area contributed by atoms with E-state index in [1.54, 1.807) is 6.20 Å². The average molecular weight is 306 g/mol. The Morgan fingerprint density at radius 1 is 1.54 bits per heavy atom. The van der Waals surface area contributed by atoms with E-state index in [9.17, 15) is 0 Å². The Morgan fingerprint density at radius 2 is 2.23 bits per heavy atom. The predicted octanol–water partition coefficient (Wildman–Crippen LogP) is 3.43. The SMILES string of the molecule is CC1CC1Nc1ncc(Br)cc1Br. The van der Waals surface area contributed by atoms with Crippen LogP contribution in [0.3, 0.4) is 0 Å². The maximum atomic E-state index is 4.29. The number of nitrogens with one attached hydrogen (secondary N) is 1. The van der Waals surface area contributed by atoms with Gasteiger partial charge >= 0.3 is 0 Å². The van der Waals surface area contributed by atoms with Crippen LogP contribution in [0.1, 0.15) is 13.3 Å². The molecular formula is C9H10Br2N2. The van der Waals surface area contributed by atoms with Crippen LogP contribution in [0.2, 0.25) is 0 Å². The fraction of sp³-hybridized carbons (Fsp3) is 0.444. The summed E-state index contributed by atoms with van der Waals surface area (Å²) < 4.78 is 2.01. The minimum Gasteiger partial charge on any atom is -0.366 e. The minimum atomic E-state index is 0.616. The first-order valence-electron chi connectivity index (χ1n) is 4.24. The van der Waals surface area contributed by atoms with Gasteiger partial charge in [0.15, 0.2) is 0 Å². The lowest BCUT2D eigenvalue weighted by atomic mass is 10.4. The second-order valence-electron chi connectivity index (χ2n) is 3.45. The molecule has 1 heterocycles. The van der Waals surface area contributed by atoms with Crippen molar-refractivity contribution < 1.29 is 0 Å². The molecule has 0 radical (unpaired) electrons. The second-order valence-corrected chi connectivity index (χ2v) is 5.22. The largest absolute Gasteiger partial charge is 0.366 e. The Labute approximate surface area is 94.4 Å². The first-order chi connectivity index (χ1) is 6.16. The van der Waals surface area contributed by atoms with E-state index in [2.05, 4.69) is 49.1 Å². The highest BCUT2D eigenvalue weighted by molar-refractivity contribution is 9.11. The summed E-state index contributed by atoms with van der Waals surface area (Å²) in [6.45, 7) is 2.24. The van der Waals surface area contributed by atoms with Crippen LogP contribution < -0.4 is 5.32 Å². The number of anilines is 1. The molecule has 13 heavy (non-hydrogen) atoms. The molecular weight excluding hydrogens is 296 g/mol. The summed E-state index contributed by atoms with van der Waals surface area (Å²) in [6.07, 6.45) is 3.06. The molecule has 2 atom stereocenters. The fourth-order valence-corrected chi connectivity index (χ4v) is 2.32. The van der Waals surface area contributed by atoms with Crippen molar-refractivity contribution in [2.24, 2.45) is 5.92 Å². The molecule has 1 fully saturated rings. The third-order valence-electron chi connectivity index (χ3n) is 2.24. The minimum absolute atomic E-state index is 0.616. The quantitative estimate of drug-likeness (QED) is 0.905. The van der Waals surface area contributed by atoms with E-state index in [1.165, 1.54) is 6.42 Å². The smallest absolute Gasteiger partial charge is 0.140 e. The van der Waals surface area contributed by atoms with Crippen LogP contribution in [0.15, 0.2) is 21.2 Å². The van der Waals surface area contributed by atoms with Gasteiger partial charge < -0.3 is 5.32 Å². The number of hydrogen-bond donors (Lipinski definition) is 1. The van der Waals surface area contributed by atoms with Crippen LogP contribution in [-0.2, 0) is 0 Å². The topological polar surface area (TPSA) is 24.9 Å². The summed E-state index contributed by atoms with van der Waals surface area (Å²) in [5.41, 5.74) is 0. The Bertz CT molecular complexity index is 327. The highest BCUT2D eigenvalue weighted by Crippen LogP contribution is 2.34. The zero-order valence-electron chi connectivity index (χ0n) is 7.22. The van der Waals surface area contributed by atoms with Crippen LogP contribution >= 0.6 is 31.9 Å². The first-order valence-corrected chi connectivity index (χ1v) is 5.83. The molecule has 0 aliphatic heterocycles. The first kappa shape index (κ1) is 9.46. The zero-order chi connectivity index (χ0) is 9.42. The molecule has 1 N–H and O–H groups in total. The molecule has 0 aromatic carbocycles. The lowest BCUT2D eigenvalue weighted by Gasteiger charge is -2.06. The van der Waals surface area contributed by atoms with Gasteiger partial charge in [-0.25, -0.2) is 4.98 Å². The summed E-state index contributed by atoms with van der Waals surface area (Å²) in [4.78, 5) is 4.29. The zero-order valence-corrected chi connectivity index (χ0v) is 10.4. The third-order valence-corrected chi connectivity index (χ3v) is 3.28. The van der Waals surface area contributed by atoms with Gasteiger partial charge in [-0.3, -0.25) is 0 Å². The molecule has 1 aliphatic carbocycles. The van der Waals surface area contributed by atoms with Gasteiger partial charge in [0.2, 0.25) is 0 Å². The van der Waals surface area contributed by atoms with Gasteiger partial charge in [-0.1, -0.05) is 6.92 Å². The molecule has 0 spiro atoms. The molecule has 0 amide bonds. The molecule has 1 aromatic heterocycles. The van der Waals surface area contributed by atoms with Crippen LogP contribution in [0.4, 0.5) is 5.82 Å². The summed E-state index contributed by atoms with van der Waals surface area (Å²) in [7, 11) is 0. The monoisotopic (exact) mass is 304 g/mol. The molecule has 70 valence electrons. The van der Waals surface area contributed by atoms with E-state index in [1.807, 2.05) is 6.07 Å². The van der Waals surface area contributed by atoms with E-state index in [4.69, 9.17) is 0 Å². The Hall–Kier alpha value is -0.0900. The van der Waals surface area contributed by atoms with Crippen molar-refractivity contribution in [3.63, 3.8) is 0 Å². The van der Waals surface area contributed by atoms with Crippen LogP contribution in [0, 0.1) is 5.92 Å². The number of rotatable bonds is 2. The Balaban J connectivity index is 2.11. The molecule has 1 saturated carbocycles. The predicted molar refractivity (Wildman–Crippen MR) is 60.8 cm³/mol. The van der Waals surface area contributed by atoms with Crippen LogP contribution in [0.5, 0.6) is 0 Å². The second kappa shape index (κ2) is 3.58. The molecule has 2 rings (SSSR count). The number of halogens is 2. The molecule has 2 nitrogen and oxygen atoms in total. The summed E-state index contributed by atoms with van der Waals surface area (Å²) in [5.74, 6) is 1.73. The van der Waals surface area contributed by atoms with Gasteiger partial charge in [0.05, 0.1) is 4.47 Å². The van der Waals surface area contributed by atoms with E-state index < -0.39 is 0 Å². The third kappa shape index (κ3) is 2.23. The van der Waals surface area contributed by atoms with Crippen molar-refractivity contribution in [3.05, 3.63) is 21.2 Å². The summed E-state index contributed by atoms with van der Waals surface area (Å²) in [6, 6.07) is 2.62. The van der Waals surface area contributed by atoms with E-state index in [0.717, 1.165) is 20.7 Å². The Kier molecular flexibility index (Phi) is 2.60. The normalized spacial score (nSPS) is 25.8. The van der Waals surface area contributed by atoms with Crippen molar-refractivity contribution in [3.8, 4) is 0 Å². The number of aromatic nitrogens is 1. The highest BCUT2D eigenvalue weighted by atomic mass is 79.9. The summed E-state index contributed by atoms with van der Waals surface area (Å²) in [5, 5.41) is 3.38. The van der Waals surface area contributed by atoms with Crippen molar-refractivity contribution in [1.29, 1.82) is 0 Å². The maximum absolute atomic E-state index is 4.29. The molecule has 4 heteroatoms. The van der Waals surface area contributed by atoms with Gasteiger partial charge in [-0.2, -0.15) is 0 Å². The van der Waals surface area contributed by atoms with Gasteiger partial charge in [-0.15, -0.1) is 0 Å². The molecule has 2 unspecified atom stereocenters. The van der Waals surface area contributed by atoms with Crippen molar-refractivity contribution >= 4 is 37.7 Å². The van der Waals surface area contributed by atoms with Crippen LogP contribution in [0.25, 0.3) is 0 Å². The fourth-order valence-electron chi connectivity index (χ4n) is 1.22. The molecule has 1 aromatic rings. The van der Waals surface area contributed by atoms with E-state index >= 15 is 0 Å². The lowest BCUT2D eigenvalue weighted by Crippen LogP contribution is -2.05.